The smallest absolute Gasteiger partial charge is 0.308 e. The summed E-state index contributed by atoms with van der Waals surface area (Å²) >= 11 is 18.5. The van der Waals surface area contributed by atoms with Gasteiger partial charge >= 0.3 is 11.9 Å². The van der Waals surface area contributed by atoms with Gasteiger partial charge in [-0.3, -0.25) is 9.59 Å². The van der Waals surface area contributed by atoms with E-state index < -0.39 is 11.9 Å². The fraction of sp³-hybridized carbons (Fsp3) is 0.125. The Balaban J connectivity index is 2.50. The standard InChI is InChI=1S/C16H12Cl3N3O4/c1-8(23)25-14-10(4-7-22-16-20-5-3-6-21-16)11(17)15(26-9(2)24)13(19)12(14)18/h3-7H,1-2H3,(H,20,21,22)/b7-4+. The number of carbonyl (C=O) groups excluding carboxylic acids is 2. The normalized spacial score (nSPS) is 10.7. The summed E-state index contributed by atoms with van der Waals surface area (Å²) in [5, 5.41) is 2.47. The molecule has 2 rings (SSSR count). The molecule has 136 valence electrons. The first-order valence-electron chi connectivity index (χ1n) is 7.08. The second-order valence-corrected chi connectivity index (χ2v) is 5.89. The van der Waals surface area contributed by atoms with Crippen LogP contribution in [0.25, 0.3) is 6.08 Å². The van der Waals surface area contributed by atoms with Crippen LogP contribution in [0.1, 0.15) is 19.4 Å². The molecule has 0 aliphatic rings. The van der Waals surface area contributed by atoms with Gasteiger partial charge in [0.1, 0.15) is 10.0 Å². The van der Waals surface area contributed by atoms with Gasteiger partial charge in [-0.25, -0.2) is 9.97 Å². The van der Waals surface area contributed by atoms with Gasteiger partial charge < -0.3 is 14.8 Å². The van der Waals surface area contributed by atoms with Gasteiger partial charge in [-0.2, -0.15) is 0 Å². The Morgan fingerprint density at radius 2 is 1.50 bits per heavy atom. The van der Waals surface area contributed by atoms with Crippen molar-refractivity contribution in [2.45, 2.75) is 13.8 Å². The zero-order valence-corrected chi connectivity index (χ0v) is 15.8. The fourth-order valence-corrected chi connectivity index (χ4v) is 2.61. The van der Waals surface area contributed by atoms with Crippen molar-refractivity contribution in [3.8, 4) is 11.5 Å². The summed E-state index contributed by atoms with van der Waals surface area (Å²) in [6.07, 6.45) is 6.01. The predicted molar refractivity (Wildman–Crippen MR) is 98.8 cm³/mol. The fourth-order valence-electron chi connectivity index (χ4n) is 1.83. The molecule has 0 saturated heterocycles. The molecule has 26 heavy (non-hydrogen) atoms. The number of nitrogens with one attached hydrogen (secondary N) is 1. The largest absolute Gasteiger partial charge is 0.424 e. The lowest BCUT2D eigenvalue weighted by Crippen LogP contribution is -2.07. The minimum atomic E-state index is -0.643. The van der Waals surface area contributed by atoms with Crippen LogP contribution in [0.15, 0.2) is 24.7 Å². The molecule has 0 amide bonds. The van der Waals surface area contributed by atoms with E-state index in [4.69, 9.17) is 44.3 Å². The Morgan fingerprint density at radius 1 is 0.962 bits per heavy atom. The van der Waals surface area contributed by atoms with Crippen molar-refractivity contribution in [2.75, 3.05) is 5.32 Å². The van der Waals surface area contributed by atoms with Crippen LogP contribution in [0.5, 0.6) is 11.5 Å². The summed E-state index contributed by atoms with van der Waals surface area (Å²) < 4.78 is 10.1. The van der Waals surface area contributed by atoms with E-state index in [1.807, 2.05) is 0 Å². The van der Waals surface area contributed by atoms with Crippen molar-refractivity contribution in [3.05, 3.63) is 45.3 Å². The van der Waals surface area contributed by atoms with E-state index in [2.05, 4.69) is 15.3 Å². The summed E-state index contributed by atoms with van der Waals surface area (Å²) in [4.78, 5) is 30.6. The van der Waals surface area contributed by atoms with Crippen LogP contribution >= 0.6 is 34.8 Å². The topological polar surface area (TPSA) is 90.4 Å². The Hall–Kier alpha value is -2.35. The Bertz CT molecular complexity index is 873. The summed E-state index contributed by atoms with van der Waals surface area (Å²) in [5.74, 6) is -1.16. The zero-order valence-electron chi connectivity index (χ0n) is 13.5. The van der Waals surface area contributed by atoms with Gasteiger partial charge in [0.15, 0.2) is 11.5 Å². The summed E-state index contributed by atoms with van der Waals surface area (Å²) in [6.45, 7) is 2.38. The third kappa shape index (κ3) is 4.85. The maximum absolute atomic E-state index is 11.4. The average molecular weight is 417 g/mol. The van der Waals surface area contributed by atoms with Gasteiger partial charge in [0.2, 0.25) is 5.95 Å². The number of nitrogens with zero attached hydrogens (tertiary/aromatic N) is 2. The van der Waals surface area contributed by atoms with Gasteiger partial charge in [-0.05, 0) is 12.1 Å². The van der Waals surface area contributed by atoms with E-state index in [0.717, 1.165) is 0 Å². The van der Waals surface area contributed by atoms with Gasteiger partial charge in [-0.1, -0.05) is 34.8 Å². The van der Waals surface area contributed by atoms with E-state index in [1.165, 1.54) is 26.1 Å². The van der Waals surface area contributed by atoms with Crippen molar-refractivity contribution >= 4 is 58.8 Å². The number of esters is 2. The number of rotatable bonds is 5. The maximum atomic E-state index is 11.4. The number of carbonyl (C=O) groups is 2. The van der Waals surface area contributed by atoms with E-state index >= 15 is 0 Å². The molecule has 0 aliphatic carbocycles. The first-order chi connectivity index (χ1) is 12.3. The average Bonchev–Trinajstić information content (AvgIpc) is 2.59. The molecule has 1 aromatic carbocycles. The molecule has 0 saturated carbocycles. The lowest BCUT2D eigenvalue weighted by molar-refractivity contribution is -0.133. The first kappa shape index (κ1) is 20.0. The van der Waals surface area contributed by atoms with Crippen molar-refractivity contribution in [2.24, 2.45) is 0 Å². The Labute approximate surface area is 163 Å². The molecule has 1 aromatic heterocycles. The van der Waals surface area contributed by atoms with Crippen LogP contribution in [-0.4, -0.2) is 21.9 Å². The van der Waals surface area contributed by atoms with Crippen molar-refractivity contribution in [1.29, 1.82) is 0 Å². The highest BCUT2D eigenvalue weighted by atomic mass is 35.5. The third-order valence-corrected chi connectivity index (χ3v) is 3.98. The van der Waals surface area contributed by atoms with E-state index in [-0.39, 0.29) is 32.1 Å². The molecule has 7 nitrogen and oxygen atoms in total. The van der Waals surface area contributed by atoms with Crippen LogP contribution in [0, 0.1) is 0 Å². The number of benzene rings is 1. The Kier molecular flexibility index (Phi) is 6.79. The number of anilines is 1. The second kappa shape index (κ2) is 8.84. The van der Waals surface area contributed by atoms with E-state index in [0.29, 0.717) is 5.95 Å². The molecular formula is C16H12Cl3N3O4. The highest BCUT2D eigenvalue weighted by Crippen LogP contribution is 2.48. The molecule has 0 fully saturated rings. The molecule has 0 unspecified atom stereocenters. The van der Waals surface area contributed by atoms with Crippen molar-refractivity contribution < 1.29 is 19.1 Å². The first-order valence-corrected chi connectivity index (χ1v) is 8.22. The molecule has 0 radical (unpaired) electrons. The number of halogens is 3. The minimum absolute atomic E-state index is 0.0575. The SMILES string of the molecule is CC(=O)Oc1c(Cl)c(Cl)c(OC(C)=O)c(/C=C/Nc2ncccn2)c1Cl. The number of aromatic nitrogens is 2. The lowest BCUT2D eigenvalue weighted by atomic mass is 10.1. The third-order valence-electron chi connectivity index (χ3n) is 2.79. The molecular weight excluding hydrogens is 405 g/mol. The molecule has 0 spiro atoms. The van der Waals surface area contributed by atoms with Gasteiger partial charge in [0.05, 0.1) is 5.02 Å². The number of hydrogen-bond acceptors (Lipinski definition) is 7. The number of ether oxygens (including phenoxy) is 2. The van der Waals surface area contributed by atoms with Crippen LogP contribution < -0.4 is 14.8 Å². The van der Waals surface area contributed by atoms with Crippen LogP contribution in [0.4, 0.5) is 5.95 Å². The molecule has 0 atom stereocenters. The number of hydrogen-bond donors (Lipinski definition) is 1. The lowest BCUT2D eigenvalue weighted by Gasteiger charge is -2.15. The highest BCUT2D eigenvalue weighted by molar-refractivity contribution is 6.46. The second-order valence-electron chi connectivity index (χ2n) is 4.75. The van der Waals surface area contributed by atoms with Gasteiger partial charge in [0, 0.05) is 38.0 Å². The Morgan fingerprint density at radius 3 is 2.08 bits per heavy atom. The van der Waals surface area contributed by atoms with Crippen molar-refractivity contribution in [3.63, 3.8) is 0 Å². The summed E-state index contributed by atoms with van der Waals surface area (Å²) in [7, 11) is 0. The highest BCUT2D eigenvalue weighted by Gasteiger charge is 2.24. The maximum Gasteiger partial charge on any atom is 0.308 e. The zero-order chi connectivity index (χ0) is 19.3. The summed E-state index contributed by atoms with van der Waals surface area (Å²) in [6, 6.07) is 1.66. The molecule has 1 heterocycles. The minimum Gasteiger partial charge on any atom is -0.424 e. The van der Waals surface area contributed by atoms with Crippen LogP contribution in [0.3, 0.4) is 0 Å². The molecule has 1 N–H and O–H groups in total. The van der Waals surface area contributed by atoms with E-state index in [9.17, 15) is 9.59 Å². The molecule has 0 aliphatic heterocycles. The molecule has 10 heteroatoms. The monoisotopic (exact) mass is 415 g/mol. The molecule has 2 aromatic rings. The van der Waals surface area contributed by atoms with Gasteiger partial charge in [0.25, 0.3) is 0 Å². The predicted octanol–water partition coefficient (Wildman–Crippen LogP) is 4.37. The van der Waals surface area contributed by atoms with E-state index in [1.54, 1.807) is 18.5 Å². The molecule has 0 bridgehead atoms. The van der Waals surface area contributed by atoms with Crippen LogP contribution in [-0.2, 0) is 9.59 Å². The quantitative estimate of drug-likeness (QED) is 0.439. The van der Waals surface area contributed by atoms with Crippen LogP contribution in [0.2, 0.25) is 15.1 Å². The van der Waals surface area contributed by atoms with Crippen molar-refractivity contribution in [1.82, 2.24) is 9.97 Å². The summed E-state index contributed by atoms with van der Waals surface area (Å²) in [5.41, 5.74) is 0.177. The van der Waals surface area contributed by atoms with Gasteiger partial charge in [-0.15, -0.1) is 0 Å².